The molecule has 1 aliphatic heterocycles. The van der Waals surface area contributed by atoms with Gasteiger partial charge in [0.2, 0.25) is 0 Å². The summed E-state index contributed by atoms with van der Waals surface area (Å²) in [5.74, 6) is 0.750. The largest absolute Gasteiger partial charge is 0.476 e. The topological polar surface area (TPSA) is 42.7 Å². The Labute approximate surface area is 214 Å². The molecule has 0 aliphatic carbocycles. The standard InChI is InChI=1S/C31H24ClNO3/c32-28-16-25-24(21-10-4-1-5-11-21)17-29(34)36-30(25)27-19-33(20-35-31(27)28)18-26(22-12-6-2-7-13-22)23-14-8-3-9-15-23/h1-17,26H,18-20H2. The van der Waals surface area contributed by atoms with Crippen LogP contribution in [0.5, 0.6) is 5.75 Å². The van der Waals surface area contributed by atoms with Gasteiger partial charge in [-0.25, -0.2) is 4.79 Å². The van der Waals surface area contributed by atoms with Crippen LogP contribution in [-0.4, -0.2) is 18.2 Å². The Balaban J connectivity index is 1.41. The summed E-state index contributed by atoms with van der Waals surface area (Å²) in [5, 5.41) is 1.32. The number of hydrogen-bond donors (Lipinski definition) is 0. The van der Waals surface area contributed by atoms with Crippen molar-refractivity contribution in [3.8, 4) is 16.9 Å². The van der Waals surface area contributed by atoms with E-state index in [0.29, 0.717) is 29.6 Å². The number of halogens is 1. The van der Waals surface area contributed by atoms with Crippen molar-refractivity contribution in [1.29, 1.82) is 0 Å². The minimum atomic E-state index is -0.394. The van der Waals surface area contributed by atoms with Crippen LogP contribution < -0.4 is 10.4 Å². The monoisotopic (exact) mass is 493 g/mol. The molecule has 0 fully saturated rings. The van der Waals surface area contributed by atoms with E-state index in [4.69, 9.17) is 20.8 Å². The smallest absolute Gasteiger partial charge is 0.336 e. The van der Waals surface area contributed by atoms with Crippen LogP contribution >= 0.6 is 11.6 Å². The highest BCUT2D eigenvalue weighted by atomic mass is 35.5. The summed E-state index contributed by atoms with van der Waals surface area (Å²) in [6, 6.07) is 34.2. The first-order valence-electron chi connectivity index (χ1n) is 12.0. The van der Waals surface area contributed by atoms with Crippen LogP contribution in [0.25, 0.3) is 22.1 Å². The Hall–Kier alpha value is -3.86. The fourth-order valence-corrected chi connectivity index (χ4v) is 5.32. The normalized spacial score (nSPS) is 13.5. The number of ether oxygens (including phenoxy) is 1. The van der Waals surface area contributed by atoms with E-state index in [9.17, 15) is 4.79 Å². The average Bonchev–Trinajstić information content (AvgIpc) is 2.93. The highest BCUT2D eigenvalue weighted by Gasteiger charge is 2.28. The maximum atomic E-state index is 12.6. The van der Waals surface area contributed by atoms with Crippen LogP contribution in [0, 0.1) is 0 Å². The van der Waals surface area contributed by atoms with Crippen LogP contribution in [0.1, 0.15) is 22.6 Å². The molecule has 4 nitrogen and oxygen atoms in total. The van der Waals surface area contributed by atoms with Crippen molar-refractivity contribution in [3.05, 3.63) is 135 Å². The molecule has 1 aliphatic rings. The zero-order valence-corrected chi connectivity index (χ0v) is 20.3. The van der Waals surface area contributed by atoms with Gasteiger partial charge in [-0.2, -0.15) is 0 Å². The van der Waals surface area contributed by atoms with Crippen LogP contribution in [0.4, 0.5) is 0 Å². The Bertz CT molecular complexity index is 1530. The van der Waals surface area contributed by atoms with Gasteiger partial charge < -0.3 is 9.15 Å². The summed E-state index contributed by atoms with van der Waals surface area (Å²) in [4.78, 5) is 14.9. The number of hydrogen-bond acceptors (Lipinski definition) is 4. The lowest BCUT2D eigenvalue weighted by molar-refractivity contribution is 0.0927. The lowest BCUT2D eigenvalue weighted by atomic mass is 9.90. The van der Waals surface area contributed by atoms with Crippen LogP contribution in [0.15, 0.2) is 112 Å². The number of nitrogens with zero attached hydrogens (tertiary/aromatic N) is 1. The van der Waals surface area contributed by atoms with Crippen molar-refractivity contribution >= 4 is 22.6 Å². The third kappa shape index (κ3) is 4.30. The second-order valence-corrected chi connectivity index (χ2v) is 9.45. The molecule has 0 atom stereocenters. The third-order valence-electron chi connectivity index (χ3n) is 6.74. The molecule has 0 spiro atoms. The van der Waals surface area contributed by atoms with E-state index >= 15 is 0 Å². The van der Waals surface area contributed by atoms with Gasteiger partial charge in [-0.1, -0.05) is 103 Å². The number of rotatable bonds is 5. The van der Waals surface area contributed by atoms with E-state index in [1.165, 1.54) is 17.2 Å². The quantitative estimate of drug-likeness (QED) is 0.245. The van der Waals surface area contributed by atoms with Crippen LogP contribution in [0.2, 0.25) is 5.02 Å². The molecule has 5 aromatic rings. The van der Waals surface area contributed by atoms with Crippen molar-refractivity contribution in [2.75, 3.05) is 13.3 Å². The summed E-state index contributed by atoms with van der Waals surface area (Å²) in [6.07, 6.45) is 0. The molecule has 0 N–H and O–H groups in total. The van der Waals surface area contributed by atoms with E-state index in [2.05, 4.69) is 53.4 Å². The minimum Gasteiger partial charge on any atom is -0.476 e. The molecule has 0 saturated heterocycles. The highest BCUT2D eigenvalue weighted by molar-refractivity contribution is 6.33. The predicted molar refractivity (Wildman–Crippen MR) is 144 cm³/mol. The van der Waals surface area contributed by atoms with Gasteiger partial charge >= 0.3 is 5.63 Å². The fraction of sp³-hybridized carbons (Fsp3) is 0.129. The van der Waals surface area contributed by atoms with Crippen molar-refractivity contribution in [3.63, 3.8) is 0 Å². The van der Waals surface area contributed by atoms with Gasteiger partial charge in [0.25, 0.3) is 0 Å². The summed E-state index contributed by atoms with van der Waals surface area (Å²) in [5.41, 5.74) is 5.16. The highest BCUT2D eigenvalue weighted by Crippen LogP contribution is 2.41. The van der Waals surface area contributed by atoms with Crippen molar-refractivity contribution in [2.45, 2.75) is 12.5 Å². The molecule has 0 saturated carbocycles. The lowest BCUT2D eigenvalue weighted by Crippen LogP contribution is -2.35. The maximum Gasteiger partial charge on any atom is 0.336 e. The van der Waals surface area contributed by atoms with E-state index in [1.807, 2.05) is 48.5 Å². The fourth-order valence-electron chi connectivity index (χ4n) is 5.04. The molecule has 6 rings (SSSR count). The summed E-state index contributed by atoms with van der Waals surface area (Å²) >= 11 is 6.70. The first-order chi connectivity index (χ1) is 17.7. The third-order valence-corrected chi connectivity index (χ3v) is 7.02. The van der Waals surface area contributed by atoms with E-state index in [0.717, 1.165) is 28.6 Å². The van der Waals surface area contributed by atoms with E-state index in [1.54, 1.807) is 0 Å². The van der Waals surface area contributed by atoms with Crippen LogP contribution in [-0.2, 0) is 6.54 Å². The molecular formula is C31H24ClNO3. The second kappa shape index (κ2) is 9.65. The first kappa shape index (κ1) is 22.6. The molecular weight excluding hydrogens is 470 g/mol. The molecule has 0 unspecified atom stereocenters. The van der Waals surface area contributed by atoms with Gasteiger partial charge in [-0.15, -0.1) is 0 Å². The van der Waals surface area contributed by atoms with Gasteiger partial charge in [0.1, 0.15) is 18.1 Å². The molecule has 0 radical (unpaired) electrons. The summed E-state index contributed by atoms with van der Waals surface area (Å²) < 4.78 is 11.9. The van der Waals surface area contributed by atoms with E-state index < -0.39 is 5.63 Å². The Morgan fingerprint density at radius 2 is 1.44 bits per heavy atom. The summed E-state index contributed by atoms with van der Waals surface area (Å²) in [7, 11) is 0. The molecule has 1 aromatic heterocycles. The number of fused-ring (bicyclic) bond motifs is 3. The van der Waals surface area contributed by atoms with Crippen molar-refractivity contribution in [2.24, 2.45) is 0 Å². The number of benzene rings is 4. The van der Waals surface area contributed by atoms with E-state index in [-0.39, 0.29) is 5.92 Å². The Kier molecular flexibility index (Phi) is 6.06. The molecule has 2 heterocycles. The minimum absolute atomic E-state index is 0.162. The van der Waals surface area contributed by atoms with Gasteiger partial charge in [-0.05, 0) is 28.3 Å². The van der Waals surface area contributed by atoms with Gasteiger partial charge in [0.05, 0.1) is 10.6 Å². The molecule has 36 heavy (non-hydrogen) atoms. The molecule has 0 amide bonds. The van der Waals surface area contributed by atoms with Crippen LogP contribution in [0.3, 0.4) is 0 Å². The summed E-state index contributed by atoms with van der Waals surface area (Å²) in [6.45, 7) is 1.70. The van der Waals surface area contributed by atoms with Crippen molar-refractivity contribution < 1.29 is 9.15 Å². The molecule has 4 aromatic carbocycles. The molecule has 178 valence electrons. The maximum absolute atomic E-state index is 12.6. The van der Waals surface area contributed by atoms with Gasteiger partial charge in [0.15, 0.2) is 0 Å². The van der Waals surface area contributed by atoms with Gasteiger partial charge in [-0.3, -0.25) is 4.90 Å². The zero-order valence-electron chi connectivity index (χ0n) is 19.6. The SMILES string of the molecule is O=c1cc(-c2ccccc2)c2cc(Cl)c3c(c2o1)CN(CC(c1ccccc1)c1ccccc1)CO3. The lowest BCUT2D eigenvalue weighted by Gasteiger charge is -2.33. The second-order valence-electron chi connectivity index (χ2n) is 9.05. The molecule has 5 heteroatoms. The van der Waals surface area contributed by atoms with Gasteiger partial charge in [0, 0.05) is 30.5 Å². The zero-order chi connectivity index (χ0) is 24.5. The Morgan fingerprint density at radius 3 is 2.08 bits per heavy atom. The Morgan fingerprint density at radius 1 is 0.833 bits per heavy atom. The molecule has 0 bridgehead atoms. The predicted octanol–water partition coefficient (Wildman–Crippen LogP) is 7.10. The van der Waals surface area contributed by atoms with Crippen molar-refractivity contribution in [1.82, 2.24) is 4.90 Å². The first-order valence-corrected chi connectivity index (χ1v) is 12.3. The average molecular weight is 494 g/mol.